The van der Waals surface area contributed by atoms with Crippen LogP contribution in [-0.4, -0.2) is 33.1 Å². The number of thiazole rings is 1. The van der Waals surface area contributed by atoms with Crippen molar-refractivity contribution in [1.29, 1.82) is 0 Å². The number of aryl methyl sites for hydroxylation is 2. The highest BCUT2D eigenvalue weighted by molar-refractivity contribution is 7.15. The minimum atomic E-state index is -0.484. The maximum Gasteiger partial charge on any atom is 0.410 e. The number of ether oxygens (including phenoxy) is 1. The first-order valence-corrected chi connectivity index (χ1v) is 9.46. The van der Waals surface area contributed by atoms with Gasteiger partial charge in [-0.25, -0.2) is 9.78 Å². The van der Waals surface area contributed by atoms with E-state index in [9.17, 15) is 4.79 Å². The molecule has 3 heterocycles. The number of hydrogen-bond donors (Lipinski definition) is 0. The molecule has 2 aromatic rings. The van der Waals surface area contributed by atoms with Crippen LogP contribution in [0, 0.1) is 13.8 Å². The summed E-state index contributed by atoms with van der Waals surface area (Å²) in [4.78, 5) is 24.7. The fourth-order valence-corrected chi connectivity index (χ4v) is 3.84. The molecule has 0 saturated carbocycles. The van der Waals surface area contributed by atoms with E-state index in [1.807, 2.05) is 46.0 Å². The van der Waals surface area contributed by atoms with Crippen LogP contribution in [0.15, 0.2) is 18.3 Å². The molecule has 1 aliphatic rings. The van der Waals surface area contributed by atoms with E-state index < -0.39 is 5.60 Å². The van der Waals surface area contributed by atoms with Crippen molar-refractivity contribution in [2.45, 2.75) is 59.1 Å². The summed E-state index contributed by atoms with van der Waals surface area (Å²) in [5, 5.41) is 0.990. The standard InChI is InChI=1S/C19H25N3O2S/c1-12-13(2)25-17(21-12)14-8-9-15(20-11-14)16-7-6-10-22(16)18(23)24-19(3,4)5/h8-9,11,16H,6-7,10H2,1-5H3. The summed E-state index contributed by atoms with van der Waals surface area (Å²) >= 11 is 1.68. The summed E-state index contributed by atoms with van der Waals surface area (Å²) in [6.45, 7) is 10.5. The van der Waals surface area contributed by atoms with Crippen LogP contribution in [0.5, 0.6) is 0 Å². The van der Waals surface area contributed by atoms with Gasteiger partial charge in [-0.3, -0.25) is 9.88 Å². The molecule has 1 saturated heterocycles. The fraction of sp³-hybridized carbons (Fsp3) is 0.526. The molecule has 1 aliphatic heterocycles. The highest BCUT2D eigenvalue weighted by atomic mass is 32.1. The van der Waals surface area contributed by atoms with Crippen LogP contribution < -0.4 is 0 Å². The molecule has 1 amide bonds. The van der Waals surface area contributed by atoms with Crippen molar-refractivity contribution in [2.24, 2.45) is 0 Å². The van der Waals surface area contributed by atoms with Gasteiger partial charge in [-0.15, -0.1) is 11.3 Å². The lowest BCUT2D eigenvalue weighted by molar-refractivity contribution is 0.0221. The molecule has 3 rings (SSSR count). The number of rotatable bonds is 2. The predicted octanol–water partition coefficient (Wildman–Crippen LogP) is 4.89. The molecule has 1 fully saturated rings. The quantitative estimate of drug-likeness (QED) is 0.766. The number of pyridine rings is 1. The van der Waals surface area contributed by atoms with E-state index in [1.165, 1.54) is 4.88 Å². The van der Waals surface area contributed by atoms with Gasteiger partial charge in [-0.2, -0.15) is 0 Å². The number of aromatic nitrogens is 2. The smallest absolute Gasteiger partial charge is 0.410 e. The largest absolute Gasteiger partial charge is 0.444 e. The van der Waals surface area contributed by atoms with E-state index in [2.05, 4.69) is 16.9 Å². The van der Waals surface area contributed by atoms with Crippen molar-refractivity contribution in [3.63, 3.8) is 0 Å². The summed E-state index contributed by atoms with van der Waals surface area (Å²) < 4.78 is 5.53. The summed E-state index contributed by atoms with van der Waals surface area (Å²) in [5.41, 5.74) is 2.52. The van der Waals surface area contributed by atoms with Gasteiger partial charge in [0.2, 0.25) is 0 Å². The normalized spacial score (nSPS) is 17.8. The van der Waals surface area contributed by atoms with Crippen LogP contribution in [0.3, 0.4) is 0 Å². The van der Waals surface area contributed by atoms with Gasteiger partial charge in [0.15, 0.2) is 0 Å². The summed E-state index contributed by atoms with van der Waals surface area (Å²) in [5.74, 6) is 0. The lowest BCUT2D eigenvalue weighted by Gasteiger charge is -2.28. The van der Waals surface area contributed by atoms with E-state index in [-0.39, 0.29) is 12.1 Å². The Hall–Kier alpha value is -1.95. The van der Waals surface area contributed by atoms with Gasteiger partial charge in [-0.1, -0.05) is 0 Å². The zero-order valence-corrected chi connectivity index (χ0v) is 16.3. The summed E-state index contributed by atoms with van der Waals surface area (Å²) in [6, 6.07) is 4.05. The Balaban J connectivity index is 1.78. The summed E-state index contributed by atoms with van der Waals surface area (Å²) in [7, 11) is 0. The van der Waals surface area contributed by atoms with Crippen LogP contribution in [0.2, 0.25) is 0 Å². The molecule has 0 radical (unpaired) electrons. The van der Waals surface area contributed by atoms with Crippen molar-refractivity contribution in [3.8, 4) is 10.6 Å². The molecule has 6 heteroatoms. The summed E-state index contributed by atoms with van der Waals surface area (Å²) in [6.07, 6.45) is 3.49. The van der Waals surface area contributed by atoms with Crippen LogP contribution in [0.1, 0.15) is 55.9 Å². The molecular weight excluding hydrogens is 334 g/mol. The van der Waals surface area contributed by atoms with Gasteiger partial charge in [0.25, 0.3) is 0 Å². The lowest BCUT2D eigenvalue weighted by Crippen LogP contribution is -2.36. The number of carbonyl (C=O) groups excluding carboxylic acids is 1. The van der Waals surface area contributed by atoms with Crippen molar-refractivity contribution in [1.82, 2.24) is 14.9 Å². The maximum absolute atomic E-state index is 12.4. The Morgan fingerprint density at radius 3 is 2.64 bits per heavy atom. The molecule has 2 aromatic heterocycles. The highest BCUT2D eigenvalue weighted by Gasteiger charge is 2.33. The molecular formula is C19H25N3O2S. The number of hydrogen-bond acceptors (Lipinski definition) is 5. The second-order valence-electron chi connectivity index (χ2n) is 7.46. The average Bonchev–Trinajstić information content (AvgIpc) is 3.13. The minimum Gasteiger partial charge on any atom is -0.444 e. The van der Waals surface area contributed by atoms with Crippen LogP contribution in [0.4, 0.5) is 4.79 Å². The number of amides is 1. The van der Waals surface area contributed by atoms with E-state index >= 15 is 0 Å². The first kappa shape index (κ1) is 17.9. The Morgan fingerprint density at radius 2 is 2.08 bits per heavy atom. The highest BCUT2D eigenvalue weighted by Crippen LogP contribution is 2.33. The molecule has 0 aliphatic carbocycles. The first-order valence-electron chi connectivity index (χ1n) is 8.64. The molecule has 0 spiro atoms. The third kappa shape index (κ3) is 4.00. The Bertz CT molecular complexity index is 742. The van der Waals surface area contributed by atoms with Crippen molar-refractivity contribution < 1.29 is 9.53 Å². The third-order valence-corrected chi connectivity index (χ3v) is 5.41. The minimum absolute atomic E-state index is 0.0105. The molecule has 0 bridgehead atoms. The van der Waals surface area contributed by atoms with E-state index in [0.717, 1.165) is 34.8 Å². The monoisotopic (exact) mass is 359 g/mol. The van der Waals surface area contributed by atoms with Crippen LogP contribution in [-0.2, 0) is 4.74 Å². The molecule has 25 heavy (non-hydrogen) atoms. The molecule has 134 valence electrons. The van der Waals surface area contributed by atoms with Gasteiger partial charge < -0.3 is 4.74 Å². The second kappa shape index (κ2) is 6.75. The van der Waals surface area contributed by atoms with Gasteiger partial charge in [-0.05, 0) is 59.6 Å². The zero-order chi connectivity index (χ0) is 18.2. The average molecular weight is 359 g/mol. The molecule has 1 atom stereocenters. The predicted molar refractivity (Wildman–Crippen MR) is 99.7 cm³/mol. The molecule has 5 nitrogen and oxygen atoms in total. The maximum atomic E-state index is 12.4. The second-order valence-corrected chi connectivity index (χ2v) is 8.67. The fourth-order valence-electron chi connectivity index (χ4n) is 2.94. The number of carbonyl (C=O) groups is 1. The Kier molecular flexibility index (Phi) is 4.82. The van der Waals surface area contributed by atoms with Crippen LogP contribution >= 0.6 is 11.3 Å². The van der Waals surface area contributed by atoms with Gasteiger partial charge in [0.05, 0.1) is 17.4 Å². The first-order chi connectivity index (χ1) is 11.7. The zero-order valence-electron chi connectivity index (χ0n) is 15.5. The third-order valence-electron chi connectivity index (χ3n) is 4.28. The van der Waals surface area contributed by atoms with Crippen molar-refractivity contribution >= 4 is 17.4 Å². The van der Waals surface area contributed by atoms with E-state index in [0.29, 0.717) is 6.54 Å². The molecule has 0 aromatic carbocycles. The molecule has 1 unspecified atom stereocenters. The Morgan fingerprint density at radius 1 is 1.32 bits per heavy atom. The van der Waals surface area contributed by atoms with E-state index in [4.69, 9.17) is 4.74 Å². The van der Waals surface area contributed by atoms with Crippen LogP contribution in [0.25, 0.3) is 10.6 Å². The van der Waals surface area contributed by atoms with Crippen molar-refractivity contribution in [2.75, 3.05) is 6.54 Å². The topological polar surface area (TPSA) is 55.3 Å². The lowest BCUT2D eigenvalue weighted by atomic mass is 10.1. The number of nitrogens with zero attached hydrogens (tertiary/aromatic N) is 3. The molecule has 0 N–H and O–H groups in total. The van der Waals surface area contributed by atoms with Crippen molar-refractivity contribution in [3.05, 3.63) is 34.6 Å². The van der Waals surface area contributed by atoms with Gasteiger partial charge in [0.1, 0.15) is 10.6 Å². The Labute approximate surface area is 153 Å². The number of likely N-dealkylation sites (tertiary alicyclic amines) is 1. The van der Waals surface area contributed by atoms with Gasteiger partial charge in [0, 0.05) is 23.2 Å². The van der Waals surface area contributed by atoms with Gasteiger partial charge >= 0.3 is 6.09 Å². The van der Waals surface area contributed by atoms with E-state index in [1.54, 1.807) is 16.2 Å². The SMILES string of the molecule is Cc1nc(-c2ccc(C3CCCN3C(=O)OC(C)(C)C)nc2)sc1C.